The Labute approximate surface area is 121 Å². The zero-order valence-corrected chi connectivity index (χ0v) is 12.9. The van der Waals surface area contributed by atoms with Crippen LogP contribution in [0.2, 0.25) is 0 Å². The largest absolute Gasteiger partial charge is 0.391 e. The topological polar surface area (TPSA) is 24.9 Å². The summed E-state index contributed by atoms with van der Waals surface area (Å²) in [6.45, 7) is 5.83. The van der Waals surface area contributed by atoms with Gasteiger partial charge in [0.15, 0.2) is 0 Å². The van der Waals surface area contributed by atoms with Crippen molar-refractivity contribution < 1.29 is 13.2 Å². The number of hydrogen-bond acceptors (Lipinski definition) is 3. The lowest BCUT2D eigenvalue weighted by atomic mass is 9.75. The van der Waals surface area contributed by atoms with Crippen LogP contribution < -0.4 is 5.32 Å². The summed E-state index contributed by atoms with van der Waals surface area (Å²) in [5.74, 6) is -1.23. The van der Waals surface area contributed by atoms with Crippen LogP contribution in [0.3, 0.4) is 0 Å². The van der Waals surface area contributed by atoms with E-state index in [-0.39, 0.29) is 18.9 Å². The molecule has 1 N–H and O–H groups in total. The molecule has 1 aliphatic carbocycles. The van der Waals surface area contributed by atoms with Gasteiger partial charge in [0.2, 0.25) is 0 Å². The van der Waals surface area contributed by atoms with Gasteiger partial charge in [-0.25, -0.2) is 4.98 Å². The summed E-state index contributed by atoms with van der Waals surface area (Å²) in [4.78, 5) is 4.46. The Balaban J connectivity index is 2.32. The molecule has 6 heteroatoms. The summed E-state index contributed by atoms with van der Waals surface area (Å²) in [6.07, 6.45) is -2.47. The standard InChI is InChI=1S/C14H21F3N2S/c1-9(2)19-13(12-18-10(3)8-20-12)6-4-5-11(7-13)14(15,16)17/h8-9,11,19H,4-7H2,1-3H3. The first kappa shape index (κ1) is 15.8. The highest BCUT2D eigenvalue weighted by molar-refractivity contribution is 7.09. The molecule has 1 saturated carbocycles. The Kier molecular flexibility index (Phi) is 4.44. The smallest absolute Gasteiger partial charge is 0.303 e. The summed E-state index contributed by atoms with van der Waals surface area (Å²) in [7, 11) is 0. The van der Waals surface area contributed by atoms with Gasteiger partial charge in [-0.05, 0) is 40.0 Å². The van der Waals surface area contributed by atoms with Crippen LogP contribution in [0.4, 0.5) is 13.2 Å². The quantitative estimate of drug-likeness (QED) is 0.895. The van der Waals surface area contributed by atoms with Gasteiger partial charge in [0.05, 0.1) is 11.5 Å². The molecule has 0 aromatic carbocycles. The summed E-state index contributed by atoms with van der Waals surface area (Å²) in [5.41, 5.74) is 0.259. The van der Waals surface area contributed by atoms with Crippen LogP contribution in [0.15, 0.2) is 5.38 Å². The molecule has 1 heterocycles. The molecular formula is C14H21F3N2S. The van der Waals surface area contributed by atoms with E-state index in [1.807, 2.05) is 26.2 Å². The van der Waals surface area contributed by atoms with Crippen LogP contribution in [0, 0.1) is 12.8 Å². The number of hydrogen-bond donors (Lipinski definition) is 1. The number of alkyl halides is 3. The maximum Gasteiger partial charge on any atom is 0.391 e. The molecule has 0 spiro atoms. The number of aryl methyl sites for hydroxylation is 1. The van der Waals surface area contributed by atoms with Crippen molar-refractivity contribution in [3.05, 3.63) is 16.1 Å². The molecule has 20 heavy (non-hydrogen) atoms. The Hall–Kier alpha value is -0.620. The summed E-state index contributed by atoms with van der Waals surface area (Å²) in [5, 5.41) is 6.09. The van der Waals surface area contributed by atoms with Crippen LogP contribution in [-0.2, 0) is 5.54 Å². The zero-order valence-electron chi connectivity index (χ0n) is 12.0. The number of aromatic nitrogens is 1. The van der Waals surface area contributed by atoms with E-state index < -0.39 is 17.6 Å². The molecule has 0 aliphatic heterocycles. The minimum atomic E-state index is -4.11. The number of nitrogens with zero attached hydrogens (tertiary/aromatic N) is 1. The van der Waals surface area contributed by atoms with E-state index in [0.717, 1.165) is 17.1 Å². The van der Waals surface area contributed by atoms with E-state index in [9.17, 15) is 13.2 Å². The van der Waals surface area contributed by atoms with Crippen LogP contribution in [-0.4, -0.2) is 17.2 Å². The average Bonchev–Trinajstić information content (AvgIpc) is 2.75. The van der Waals surface area contributed by atoms with Crippen molar-refractivity contribution in [1.29, 1.82) is 0 Å². The number of nitrogens with one attached hydrogen (secondary N) is 1. The fourth-order valence-corrected chi connectivity index (χ4v) is 4.07. The van der Waals surface area contributed by atoms with Crippen molar-refractivity contribution in [2.75, 3.05) is 0 Å². The summed E-state index contributed by atoms with van der Waals surface area (Å²) >= 11 is 1.47. The van der Waals surface area contributed by atoms with Crippen LogP contribution in [0.1, 0.15) is 50.2 Å². The summed E-state index contributed by atoms with van der Waals surface area (Å²) in [6, 6.07) is 0.131. The molecule has 1 aromatic heterocycles. The first-order valence-electron chi connectivity index (χ1n) is 7.00. The van der Waals surface area contributed by atoms with Crippen molar-refractivity contribution in [2.45, 2.75) is 64.2 Å². The predicted molar refractivity (Wildman–Crippen MR) is 74.8 cm³/mol. The van der Waals surface area contributed by atoms with Gasteiger partial charge >= 0.3 is 6.18 Å². The maximum atomic E-state index is 13.1. The second kappa shape index (κ2) is 5.64. The van der Waals surface area contributed by atoms with E-state index in [1.54, 1.807) is 0 Å². The predicted octanol–water partition coefficient (Wildman–Crippen LogP) is 4.40. The molecule has 114 valence electrons. The van der Waals surface area contributed by atoms with Crippen molar-refractivity contribution >= 4 is 11.3 Å². The van der Waals surface area contributed by atoms with E-state index in [1.165, 1.54) is 11.3 Å². The first-order chi connectivity index (χ1) is 9.23. The fourth-order valence-electron chi connectivity index (χ4n) is 3.07. The first-order valence-corrected chi connectivity index (χ1v) is 7.88. The van der Waals surface area contributed by atoms with Gasteiger partial charge < -0.3 is 5.32 Å². The Morgan fingerprint density at radius 3 is 2.65 bits per heavy atom. The van der Waals surface area contributed by atoms with Gasteiger partial charge in [0, 0.05) is 17.1 Å². The number of rotatable bonds is 3. The lowest BCUT2D eigenvalue weighted by molar-refractivity contribution is -0.189. The third kappa shape index (κ3) is 3.34. The van der Waals surface area contributed by atoms with Crippen molar-refractivity contribution in [1.82, 2.24) is 10.3 Å². The van der Waals surface area contributed by atoms with Gasteiger partial charge in [-0.2, -0.15) is 13.2 Å². The molecule has 1 aliphatic rings. The molecule has 2 atom stereocenters. The van der Waals surface area contributed by atoms with E-state index >= 15 is 0 Å². The third-order valence-corrected chi connectivity index (χ3v) is 4.97. The van der Waals surface area contributed by atoms with E-state index in [4.69, 9.17) is 0 Å². The Morgan fingerprint density at radius 2 is 2.15 bits per heavy atom. The minimum Gasteiger partial charge on any atom is -0.303 e. The van der Waals surface area contributed by atoms with Gasteiger partial charge in [0.25, 0.3) is 0 Å². The van der Waals surface area contributed by atoms with Gasteiger partial charge in [-0.3, -0.25) is 0 Å². The minimum absolute atomic E-state index is 0.0988. The maximum absolute atomic E-state index is 13.1. The zero-order chi connectivity index (χ0) is 15.0. The van der Waals surface area contributed by atoms with Crippen molar-refractivity contribution in [3.8, 4) is 0 Å². The lowest BCUT2D eigenvalue weighted by Crippen LogP contribution is -2.51. The highest BCUT2D eigenvalue weighted by atomic mass is 32.1. The monoisotopic (exact) mass is 306 g/mol. The Morgan fingerprint density at radius 1 is 1.45 bits per heavy atom. The van der Waals surface area contributed by atoms with E-state index in [0.29, 0.717) is 6.42 Å². The molecule has 1 aromatic rings. The molecule has 0 radical (unpaired) electrons. The molecule has 0 saturated heterocycles. The molecule has 0 amide bonds. The van der Waals surface area contributed by atoms with Crippen LogP contribution in [0.25, 0.3) is 0 Å². The number of halogens is 3. The van der Waals surface area contributed by atoms with Crippen LogP contribution >= 0.6 is 11.3 Å². The SMILES string of the molecule is Cc1csc(C2(NC(C)C)CCCC(C(F)(F)F)C2)n1. The summed E-state index contributed by atoms with van der Waals surface area (Å²) < 4.78 is 39.3. The fraction of sp³-hybridized carbons (Fsp3) is 0.786. The molecule has 2 unspecified atom stereocenters. The molecule has 2 nitrogen and oxygen atoms in total. The molecule has 2 rings (SSSR count). The highest BCUT2D eigenvalue weighted by Crippen LogP contribution is 2.47. The second-order valence-electron chi connectivity index (χ2n) is 6.01. The van der Waals surface area contributed by atoms with Gasteiger partial charge in [-0.15, -0.1) is 11.3 Å². The van der Waals surface area contributed by atoms with Gasteiger partial charge in [-0.1, -0.05) is 6.42 Å². The van der Waals surface area contributed by atoms with Crippen LogP contribution in [0.5, 0.6) is 0 Å². The molecule has 0 bridgehead atoms. The highest BCUT2D eigenvalue weighted by Gasteiger charge is 2.49. The lowest BCUT2D eigenvalue weighted by Gasteiger charge is -2.42. The third-order valence-electron chi connectivity index (χ3n) is 3.81. The van der Waals surface area contributed by atoms with E-state index in [2.05, 4.69) is 10.3 Å². The number of thiazole rings is 1. The molecular weight excluding hydrogens is 285 g/mol. The molecule has 1 fully saturated rings. The van der Waals surface area contributed by atoms with Crippen molar-refractivity contribution in [3.63, 3.8) is 0 Å². The second-order valence-corrected chi connectivity index (χ2v) is 6.87. The average molecular weight is 306 g/mol. The van der Waals surface area contributed by atoms with Gasteiger partial charge in [0.1, 0.15) is 5.01 Å². The van der Waals surface area contributed by atoms with Crippen molar-refractivity contribution in [2.24, 2.45) is 5.92 Å². The normalized spacial score (nSPS) is 28.1. The Bertz CT molecular complexity index is 456.